The third kappa shape index (κ3) is 4.71. The summed E-state index contributed by atoms with van der Waals surface area (Å²) in [5, 5.41) is 15.1. The number of hydrogen-bond donors (Lipinski definition) is 2. The second-order valence-electron chi connectivity index (χ2n) is 6.16. The third-order valence-corrected chi connectivity index (χ3v) is 4.26. The summed E-state index contributed by atoms with van der Waals surface area (Å²) < 4.78 is 7.92. The summed E-state index contributed by atoms with van der Waals surface area (Å²) in [5.74, 6) is 3.68. The van der Waals surface area contributed by atoms with Gasteiger partial charge >= 0.3 is 0 Å². The van der Waals surface area contributed by atoms with Crippen LogP contribution in [-0.4, -0.2) is 40.9 Å². The van der Waals surface area contributed by atoms with Crippen LogP contribution in [0.25, 0.3) is 0 Å². The van der Waals surface area contributed by atoms with Crippen LogP contribution in [0.2, 0.25) is 0 Å². The number of guanidine groups is 1. The van der Waals surface area contributed by atoms with E-state index in [0.29, 0.717) is 19.7 Å². The lowest BCUT2D eigenvalue weighted by atomic mass is 10.2. The SMILES string of the molecule is CN=C(NCCOc1ccc(C)cc1)NCc1nnc2n1CCCC2. The Morgan fingerprint density at radius 1 is 1.20 bits per heavy atom. The van der Waals surface area contributed by atoms with Crippen molar-refractivity contribution in [1.82, 2.24) is 25.4 Å². The quantitative estimate of drug-likeness (QED) is 0.474. The first kappa shape index (κ1) is 17.3. The van der Waals surface area contributed by atoms with Gasteiger partial charge in [-0.25, -0.2) is 0 Å². The van der Waals surface area contributed by atoms with Crippen molar-refractivity contribution in [2.45, 2.75) is 39.3 Å². The summed E-state index contributed by atoms with van der Waals surface area (Å²) >= 11 is 0. The minimum Gasteiger partial charge on any atom is -0.492 e. The molecule has 0 fully saturated rings. The predicted molar refractivity (Wildman–Crippen MR) is 97.8 cm³/mol. The van der Waals surface area contributed by atoms with Gasteiger partial charge in [-0.05, 0) is 31.9 Å². The molecule has 0 saturated carbocycles. The van der Waals surface area contributed by atoms with Crippen molar-refractivity contribution in [1.29, 1.82) is 0 Å². The first-order valence-corrected chi connectivity index (χ1v) is 8.81. The third-order valence-electron chi connectivity index (χ3n) is 4.26. The fraction of sp³-hybridized carbons (Fsp3) is 0.500. The molecule has 1 aromatic heterocycles. The Morgan fingerprint density at radius 3 is 2.84 bits per heavy atom. The molecule has 7 nitrogen and oxygen atoms in total. The van der Waals surface area contributed by atoms with Crippen LogP contribution in [0.3, 0.4) is 0 Å². The number of ether oxygens (including phenoxy) is 1. The van der Waals surface area contributed by atoms with Crippen LogP contribution in [0.1, 0.15) is 30.1 Å². The Hall–Kier alpha value is -2.57. The summed E-state index contributed by atoms with van der Waals surface area (Å²) in [4.78, 5) is 4.24. The van der Waals surface area contributed by atoms with Gasteiger partial charge in [0, 0.05) is 20.0 Å². The van der Waals surface area contributed by atoms with Crippen LogP contribution in [0, 0.1) is 6.92 Å². The van der Waals surface area contributed by atoms with Crippen molar-refractivity contribution in [3.8, 4) is 5.75 Å². The predicted octanol–water partition coefficient (Wildman–Crippen LogP) is 1.67. The molecule has 3 rings (SSSR count). The molecule has 0 bridgehead atoms. The van der Waals surface area contributed by atoms with Gasteiger partial charge in [-0.1, -0.05) is 17.7 Å². The molecule has 2 heterocycles. The molecule has 0 amide bonds. The van der Waals surface area contributed by atoms with Crippen molar-refractivity contribution in [2.24, 2.45) is 4.99 Å². The van der Waals surface area contributed by atoms with E-state index >= 15 is 0 Å². The van der Waals surface area contributed by atoms with Crippen molar-refractivity contribution < 1.29 is 4.74 Å². The molecule has 0 aliphatic carbocycles. The molecule has 0 atom stereocenters. The van der Waals surface area contributed by atoms with E-state index in [1.807, 2.05) is 24.3 Å². The summed E-state index contributed by atoms with van der Waals surface area (Å²) in [6, 6.07) is 8.05. The van der Waals surface area contributed by atoms with Crippen LogP contribution >= 0.6 is 0 Å². The first-order valence-electron chi connectivity index (χ1n) is 8.81. The Labute approximate surface area is 148 Å². The van der Waals surface area contributed by atoms with Crippen molar-refractivity contribution >= 4 is 5.96 Å². The van der Waals surface area contributed by atoms with E-state index in [4.69, 9.17) is 4.74 Å². The van der Waals surface area contributed by atoms with Crippen molar-refractivity contribution in [2.75, 3.05) is 20.2 Å². The van der Waals surface area contributed by atoms with E-state index < -0.39 is 0 Å². The summed E-state index contributed by atoms with van der Waals surface area (Å²) in [6.07, 6.45) is 3.42. The fourth-order valence-electron chi connectivity index (χ4n) is 2.86. The Bertz CT molecular complexity index is 707. The van der Waals surface area contributed by atoms with Gasteiger partial charge in [0.15, 0.2) is 11.8 Å². The number of nitrogens with one attached hydrogen (secondary N) is 2. The Morgan fingerprint density at radius 2 is 2.04 bits per heavy atom. The maximum absolute atomic E-state index is 5.71. The highest BCUT2D eigenvalue weighted by Gasteiger charge is 2.15. The van der Waals surface area contributed by atoms with Gasteiger partial charge in [0.2, 0.25) is 0 Å². The lowest BCUT2D eigenvalue weighted by molar-refractivity contribution is 0.322. The van der Waals surface area contributed by atoms with Gasteiger partial charge in [0.25, 0.3) is 0 Å². The normalized spacial score (nSPS) is 14.1. The molecule has 1 aliphatic heterocycles. The maximum Gasteiger partial charge on any atom is 0.191 e. The molecule has 2 N–H and O–H groups in total. The molecular formula is C18H26N6O. The van der Waals surface area contributed by atoms with E-state index in [2.05, 4.69) is 37.3 Å². The number of fused-ring (bicyclic) bond motifs is 1. The number of benzene rings is 1. The molecule has 2 aromatic rings. The van der Waals surface area contributed by atoms with Crippen LogP contribution in [0.5, 0.6) is 5.75 Å². The average molecular weight is 342 g/mol. The Kier molecular flexibility index (Phi) is 5.87. The highest BCUT2D eigenvalue weighted by atomic mass is 16.5. The van der Waals surface area contributed by atoms with E-state index in [1.165, 1.54) is 18.4 Å². The van der Waals surface area contributed by atoms with Crippen LogP contribution in [0.4, 0.5) is 0 Å². The van der Waals surface area contributed by atoms with Gasteiger partial charge < -0.3 is 19.9 Å². The second-order valence-corrected chi connectivity index (χ2v) is 6.16. The molecule has 0 unspecified atom stereocenters. The first-order chi connectivity index (χ1) is 12.3. The molecule has 1 aromatic carbocycles. The highest BCUT2D eigenvalue weighted by Crippen LogP contribution is 2.14. The standard InChI is InChI=1S/C18H26N6O/c1-14-6-8-15(9-7-14)25-12-10-20-18(19-2)21-13-17-23-22-16-5-3-4-11-24(16)17/h6-9H,3-5,10-13H2,1-2H3,(H2,19,20,21). The van der Waals surface area contributed by atoms with E-state index in [-0.39, 0.29) is 0 Å². The van der Waals surface area contributed by atoms with Crippen LogP contribution in [0.15, 0.2) is 29.3 Å². The average Bonchev–Trinajstić information content (AvgIpc) is 3.06. The minimum absolute atomic E-state index is 0.574. The van der Waals surface area contributed by atoms with Crippen molar-refractivity contribution in [3.63, 3.8) is 0 Å². The number of hydrogen-bond acceptors (Lipinski definition) is 4. The maximum atomic E-state index is 5.71. The summed E-state index contributed by atoms with van der Waals surface area (Å²) in [6.45, 7) is 4.93. The lowest BCUT2D eigenvalue weighted by Crippen LogP contribution is -2.39. The second kappa shape index (κ2) is 8.50. The van der Waals surface area contributed by atoms with E-state index in [1.54, 1.807) is 7.05 Å². The zero-order valence-corrected chi connectivity index (χ0v) is 15.0. The summed E-state index contributed by atoms with van der Waals surface area (Å²) in [7, 11) is 1.76. The van der Waals surface area contributed by atoms with Gasteiger partial charge in [-0.2, -0.15) is 0 Å². The number of aromatic nitrogens is 3. The molecule has 25 heavy (non-hydrogen) atoms. The Balaban J connectivity index is 1.41. The molecule has 134 valence electrons. The van der Waals surface area contributed by atoms with Crippen LogP contribution < -0.4 is 15.4 Å². The minimum atomic E-state index is 0.574. The zero-order valence-electron chi connectivity index (χ0n) is 15.0. The number of rotatable bonds is 6. The highest BCUT2D eigenvalue weighted by molar-refractivity contribution is 5.79. The molecule has 0 saturated heterocycles. The topological polar surface area (TPSA) is 76.4 Å². The summed E-state index contributed by atoms with van der Waals surface area (Å²) in [5.41, 5.74) is 1.23. The zero-order chi connectivity index (χ0) is 17.5. The smallest absolute Gasteiger partial charge is 0.191 e. The molecular weight excluding hydrogens is 316 g/mol. The largest absolute Gasteiger partial charge is 0.492 e. The van der Waals surface area contributed by atoms with E-state index in [9.17, 15) is 0 Å². The van der Waals surface area contributed by atoms with Gasteiger partial charge in [-0.3, -0.25) is 4.99 Å². The van der Waals surface area contributed by atoms with Gasteiger partial charge in [0.05, 0.1) is 13.1 Å². The van der Waals surface area contributed by atoms with Crippen molar-refractivity contribution in [3.05, 3.63) is 41.5 Å². The number of nitrogens with zero attached hydrogens (tertiary/aromatic N) is 4. The van der Waals surface area contributed by atoms with Gasteiger partial charge in [0.1, 0.15) is 18.2 Å². The molecule has 0 spiro atoms. The van der Waals surface area contributed by atoms with Gasteiger partial charge in [-0.15, -0.1) is 10.2 Å². The monoisotopic (exact) mass is 342 g/mol. The molecule has 0 radical (unpaired) electrons. The fourth-order valence-corrected chi connectivity index (χ4v) is 2.86. The molecule has 7 heteroatoms. The van der Waals surface area contributed by atoms with Crippen LogP contribution in [-0.2, 0) is 19.5 Å². The number of aryl methyl sites for hydroxylation is 2. The molecule has 1 aliphatic rings. The van der Waals surface area contributed by atoms with E-state index in [0.717, 1.165) is 36.3 Å². The lowest BCUT2D eigenvalue weighted by Gasteiger charge is -2.16. The number of aliphatic imine (C=N–C) groups is 1.